The first-order valence-corrected chi connectivity index (χ1v) is 9.80. The van der Waals surface area contributed by atoms with Gasteiger partial charge in [-0.2, -0.15) is 0 Å². The van der Waals surface area contributed by atoms with Crippen molar-refractivity contribution in [3.63, 3.8) is 0 Å². The summed E-state index contributed by atoms with van der Waals surface area (Å²) in [6.07, 6.45) is 3.72. The van der Waals surface area contributed by atoms with Gasteiger partial charge in [-0.25, -0.2) is 0 Å². The van der Waals surface area contributed by atoms with Gasteiger partial charge in [0.05, 0.1) is 24.6 Å². The third-order valence-corrected chi connectivity index (χ3v) is 5.94. The number of amides is 1. The molecule has 3 aliphatic rings. The lowest BCUT2D eigenvalue weighted by atomic mass is 9.77. The Labute approximate surface area is 163 Å². The Hall–Kier alpha value is -2.54. The molecule has 2 N–H and O–H groups in total. The van der Waals surface area contributed by atoms with Crippen LogP contribution in [0.4, 0.5) is 0 Å². The van der Waals surface area contributed by atoms with Gasteiger partial charge in [0.15, 0.2) is 23.0 Å². The summed E-state index contributed by atoms with van der Waals surface area (Å²) < 4.78 is 11.3. The highest BCUT2D eigenvalue weighted by Crippen LogP contribution is 2.47. The smallest absolute Gasteiger partial charge is 0.290 e. The molecule has 150 valence electrons. The lowest BCUT2D eigenvalue weighted by Crippen LogP contribution is -2.39. The lowest BCUT2D eigenvalue weighted by molar-refractivity contribution is -0.135. The Kier molecular flexibility index (Phi) is 5.02. The SMILES string of the molecule is COc1cc(C2C3=C(OC4CCCCC4C3=O)C(=O)N2CCCO)ccc1O. The molecule has 1 fully saturated rings. The molecule has 0 aromatic heterocycles. The molecule has 0 bridgehead atoms. The molecule has 7 nitrogen and oxygen atoms in total. The number of ether oxygens (including phenoxy) is 2. The molecule has 0 saturated heterocycles. The molecule has 3 atom stereocenters. The second kappa shape index (κ2) is 7.47. The molecule has 1 amide bonds. The fourth-order valence-corrected chi connectivity index (χ4v) is 4.57. The highest BCUT2D eigenvalue weighted by molar-refractivity contribution is 6.11. The first-order chi connectivity index (χ1) is 13.6. The molecule has 1 aromatic rings. The molecule has 1 saturated carbocycles. The zero-order valence-electron chi connectivity index (χ0n) is 15.9. The summed E-state index contributed by atoms with van der Waals surface area (Å²) in [5.74, 6) is -0.102. The number of carbonyl (C=O) groups is 2. The molecule has 2 aliphatic heterocycles. The quantitative estimate of drug-likeness (QED) is 0.803. The standard InChI is InChI=1S/C21H25NO6/c1-27-16-11-12(7-8-14(16)24)18-17-19(25)13-5-2-3-6-15(13)28-20(17)21(26)22(18)9-4-10-23/h7-8,11,13,15,18,23-24H,2-6,9-10H2,1H3. The van der Waals surface area contributed by atoms with Gasteiger partial charge < -0.3 is 24.6 Å². The number of aromatic hydroxyl groups is 1. The van der Waals surface area contributed by atoms with Crippen LogP contribution >= 0.6 is 0 Å². The lowest BCUT2D eigenvalue weighted by Gasteiger charge is -2.35. The molecular formula is C21H25NO6. The fourth-order valence-electron chi connectivity index (χ4n) is 4.57. The summed E-state index contributed by atoms with van der Waals surface area (Å²) in [5, 5.41) is 19.2. The van der Waals surface area contributed by atoms with E-state index in [0.717, 1.165) is 25.7 Å². The minimum Gasteiger partial charge on any atom is -0.504 e. The number of fused-ring (bicyclic) bond motifs is 1. The van der Waals surface area contributed by atoms with Crippen LogP contribution in [0.1, 0.15) is 43.7 Å². The van der Waals surface area contributed by atoms with Crippen molar-refractivity contribution in [3.8, 4) is 11.5 Å². The topological polar surface area (TPSA) is 96.3 Å². The zero-order chi connectivity index (χ0) is 19.8. The second-order valence-corrected chi connectivity index (χ2v) is 7.56. The molecule has 1 aromatic carbocycles. The average Bonchev–Trinajstić information content (AvgIpc) is 2.99. The first kappa shape index (κ1) is 18.8. The van der Waals surface area contributed by atoms with Crippen LogP contribution in [0.5, 0.6) is 11.5 Å². The van der Waals surface area contributed by atoms with E-state index in [1.807, 2.05) is 0 Å². The van der Waals surface area contributed by atoms with Crippen molar-refractivity contribution in [2.75, 3.05) is 20.3 Å². The summed E-state index contributed by atoms with van der Waals surface area (Å²) in [6, 6.07) is 4.24. The highest BCUT2D eigenvalue weighted by atomic mass is 16.5. The van der Waals surface area contributed by atoms with Crippen molar-refractivity contribution in [2.45, 2.75) is 44.2 Å². The molecular weight excluding hydrogens is 362 g/mol. The minimum absolute atomic E-state index is 0.00903. The summed E-state index contributed by atoms with van der Waals surface area (Å²) in [4.78, 5) is 28.0. The van der Waals surface area contributed by atoms with Gasteiger partial charge in [-0.05, 0) is 43.4 Å². The maximum atomic E-state index is 13.4. The number of rotatable bonds is 5. The van der Waals surface area contributed by atoms with E-state index in [1.54, 1.807) is 17.0 Å². The zero-order valence-corrected chi connectivity index (χ0v) is 15.9. The second-order valence-electron chi connectivity index (χ2n) is 7.56. The van der Waals surface area contributed by atoms with Crippen molar-refractivity contribution in [3.05, 3.63) is 35.1 Å². The number of Topliss-reactive ketones (excluding diaryl/α,β-unsaturated/α-hetero) is 1. The van der Waals surface area contributed by atoms with E-state index in [4.69, 9.17) is 9.47 Å². The van der Waals surface area contributed by atoms with Crippen molar-refractivity contribution >= 4 is 11.7 Å². The van der Waals surface area contributed by atoms with E-state index in [9.17, 15) is 19.8 Å². The van der Waals surface area contributed by atoms with E-state index < -0.39 is 6.04 Å². The largest absolute Gasteiger partial charge is 0.504 e. The number of aliphatic hydroxyl groups excluding tert-OH is 1. The van der Waals surface area contributed by atoms with E-state index in [2.05, 4.69) is 0 Å². The Bertz CT molecular complexity index is 832. The van der Waals surface area contributed by atoms with Crippen LogP contribution in [0.25, 0.3) is 0 Å². The summed E-state index contributed by atoms with van der Waals surface area (Å²) in [5.41, 5.74) is 1.08. The monoisotopic (exact) mass is 387 g/mol. The van der Waals surface area contributed by atoms with Crippen LogP contribution in [0.15, 0.2) is 29.5 Å². The van der Waals surface area contributed by atoms with E-state index >= 15 is 0 Å². The van der Waals surface area contributed by atoms with E-state index in [-0.39, 0.29) is 47.6 Å². The summed E-state index contributed by atoms with van der Waals surface area (Å²) in [7, 11) is 1.45. The maximum Gasteiger partial charge on any atom is 0.290 e. The number of methoxy groups -OCH3 is 1. The molecule has 3 unspecified atom stereocenters. The van der Waals surface area contributed by atoms with E-state index in [0.29, 0.717) is 24.1 Å². The number of carbonyl (C=O) groups excluding carboxylic acids is 2. The molecule has 4 rings (SSSR count). The third-order valence-electron chi connectivity index (χ3n) is 5.94. The normalized spacial score (nSPS) is 26.8. The fraction of sp³-hybridized carbons (Fsp3) is 0.524. The van der Waals surface area contributed by atoms with Gasteiger partial charge in [-0.3, -0.25) is 9.59 Å². The van der Waals surface area contributed by atoms with Crippen LogP contribution in [0, 0.1) is 5.92 Å². The van der Waals surface area contributed by atoms with Crippen molar-refractivity contribution in [1.29, 1.82) is 0 Å². The summed E-state index contributed by atoms with van der Waals surface area (Å²) in [6.45, 7) is 0.252. The van der Waals surface area contributed by atoms with Gasteiger partial charge in [0.1, 0.15) is 6.10 Å². The van der Waals surface area contributed by atoms with Crippen LogP contribution in [-0.4, -0.2) is 53.2 Å². The number of phenolic OH excluding ortho intramolecular Hbond substituents is 1. The Morgan fingerprint density at radius 3 is 2.79 bits per heavy atom. The number of hydrogen-bond acceptors (Lipinski definition) is 6. The maximum absolute atomic E-state index is 13.4. The Morgan fingerprint density at radius 2 is 2.04 bits per heavy atom. The van der Waals surface area contributed by atoms with Gasteiger partial charge in [0.2, 0.25) is 0 Å². The highest BCUT2D eigenvalue weighted by Gasteiger charge is 2.51. The summed E-state index contributed by atoms with van der Waals surface area (Å²) >= 11 is 0. The van der Waals surface area contributed by atoms with Gasteiger partial charge in [-0.15, -0.1) is 0 Å². The number of benzene rings is 1. The van der Waals surface area contributed by atoms with Crippen LogP contribution in [0.2, 0.25) is 0 Å². The number of aliphatic hydroxyl groups is 1. The van der Waals surface area contributed by atoms with Gasteiger partial charge in [-0.1, -0.05) is 12.5 Å². The van der Waals surface area contributed by atoms with Crippen molar-refractivity contribution in [2.24, 2.45) is 5.92 Å². The predicted octanol–water partition coefficient (Wildman–Crippen LogP) is 2.08. The molecule has 2 heterocycles. The first-order valence-electron chi connectivity index (χ1n) is 9.80. The van der Waals surface area contributed by atoms with Gasteiger partial charge in [0.25, 0.3) is 5.91 Å². The van der Waals surface area contributed by atoms with Crippen LogP contribution < -0.4 is 4.74 Å². The molecule has 7 heteroatoms. The van der Waals surface area contributed by atoms with Crippen LogP contribution in [0.3, 0.4) is 0 Å². The van der Waals surface area contributed by atoms with Crippen molar-refractivity contribution in [1.82, 2.24) is 4.90 Å². The number of phenols is 1. The predicted molar refractivity (Wildman–Crippen MR) is 99.7 cm³/mol. The number of hydrogen-bond donors (Lipinski definition) is 2. The van der Waals surface area contributed by atoms with Crippen molar-refractivity contribution < 1.29 is 29.3 Å². The van der Waals surface area contributed by atoms with Gasteiger partial charge in [0, 0.05) is 13.2 Å². The third kappa shape index (κ3) is 2.94. The number of nitrogens with zero attached hydrogens (tertiary/aromatic N) is 1. The number of ketones is 1. The molecule has 0 spiro atoms. The Balaban J connectivity index is 1.79. The van der Waals surface area contributed by atoms with Gasteiger partial charge >= 0.3 is 0 Å². The minimum atomic E-state index is -0.598. The van der Waals surface area contributed by atoms with E-state index in [1.165, 1.54) is 13.2 Å². The van der Waals surface area contributed by atoms with Crippen LogP contribution in [-0.2, 0) is 14.3 Å². The molecule has 0 radical (unpaired) electrons. The molecule has 28 heavy (non-hydrogen) atoms. The average molecular weight is 387 g/mol. The molecule has 1 aliphatic carbocycles. The Morgan fingerprint density at radius 1 is 1.25 bits per heavy atom.